The number of alkyl halides is 2. The molecule has 0 saturated carbocycles. The van der Waals surface area contributed by atoms with Gasteiger partial charge in [0.1, 0.15) is 4.84 Å². The van der Waals surface area contributed by atoms with Crippen LogP contribution in [0.25, 0.3) is 0 Å². The summed E-state index contributed by atoms with van der Waals surface area (Å²) in [6.07, 6.45) is 0. The molecule has 0 N–H and O–H groups in total. The number of hydrogen-bond donors (Lipinski definition) is 0. The van der Waals surface area contributed by atoms with E-state index in [0.717, 1.165) is 0 Å². The van der Waals surface area contributed by atoms with Crippen LogP contribution >= 0.6 is 23.2 Å². The second kappa shape index (κ2) is 22.4. The Kier molecular flexibility index (Phi) is 66.6. The van der Waals surface area contributed by atoms with Crippen LogP contribution < -0.4 is 37.2 Å². The second-order valence-electron chi connectivity index (χ2n) is 0.846. The molecular weight excluding hydrogens is 256 g/mol. The third-order valence-corrected chi connectivity index (χ3v) is 0.545. The Labute approximate surface area is 101 Å². The summed E-state index contributed by atoms with van der Waals surface area (Å²) in [7, 11) is 1.55. The summed E-state index contributed by atoms with van der Waals surface area (Å²) in [5, 5.41) is 0. The Morgan fingerprint density at radius 1 is 1.20 bits per heavy atom. The van der Waals surface area contributed by atoms with Gasteiger partial charge in [0.05, 0.1) is 6.61 Å². The van der Waals surface area contributed by atoms with Gasteiger partial charge in [-0.2, -0.15) is 0 Å². The van der Waals surface area contributed by atoms with Crippen LogP contribution in [0, 0.1) is 0 Å². The van der Waals surface area contributed by atoms with Crippen LogP contribution in [0.1, 0.15) is 0 Å². The number of halogens is 5. The molecule has 0 aliphatic rings. The number of hydrogen-bond acceptors (Lipinski definition) is 1. The molecule has 0 aliphatic heterocycles. The molecule has 0 radical (unpaired) electrons. The minimum absolute atomic E-state index is 0. The Bertz CT molecular complexity index is 38.1. The molecule has 0 aromatic carbocycles. The molecule has 0 fully saturated rings. The van der Waals surface area contributed by atoms with Gasteiger partial charge in [0.15, 0.2) is 0 Å². The summed E-state index contributed by atoms with van der Waals surface area (Å²) < 4.78 is 4.54. The van der Waals surface area contributed by atoms with Crippen molar-refractivity contribution in [1.29, 1.82) is 0 Å². The number of ether oxygens (including phenoxy) is 1. The van der Waals surface area contributed by atoms with Crippen LogP contribution in [0.3, 0.4) is 0 Å². The van der Waals surface area contributed by atoms with Gasteiger partial charge in [-0.15, -0.1) is 23.2 Å². The van der Waals surface area contributed by atoms with Crippen molar-refractivity contribution < 1.29 is 42.0 Å². The van der Waals surface area contributed by atoms with Gasteiger partial charge in [-0.1, -0.05) is 0 Å². The summed E-state index contributed by atoms with van der Waals surface area (Å²) >= 11 is 10.4. The molecule has 0 saturated heterocycles. The zero-order chi connectivity index (χ0) is 4.99. The maximum absolute atomic E-state index is 5.22. The van der Waals surface area contributed by atoms with Gasteiger partial charge in [-0.25, -0.2) is 0 Å². The van der Waals surface area contributed by atoms with Gasteiger partial charge < -0.3 is 42.0 Å². The first-order valence-corrected chi connectivity index (χ1v) is 2.41. The van der Waals surface area contributed by atoms with Crippen molar-refractivity contribution in [1.82, 2.24) is 0 Å². The zero-order valence-electron chi connectivity index (χ0n) is 5.16. The van der Waals surface area contributed by atoms with Crippen molar-refractivity contribution in [2.75, 3.05) is 13.7 Å². The summed E-state index contributed by atoms with van der Waals surface area (Å²) in [5.74, 6) is 0. The van der Waals surface area contributed by atoms with Crippen LogP contribution in [0.5, 0.6) is 0 Å². The molecule has 0 amide bonds. The van der Waals surface area contributed by atoms with E-state index in [0.29, 0.717) is 6.61 Å². The SMILES string of the molecule is COCC(Cl)Cl.[Al+3].[Cl-].[Cl-].[Cl-]. The van der Waals surface area contributed by atoms with Gasteiger partial charge in [0, 0.05) is 7.11 Å². The molecule has 0 atom stereocenters. The normalized spacial score (nSPS) is 6.00. The molecule has 0 bridgehead atoms. The summed E-state index contributed by atoms with van der Waals surface area (Å²) in [4.78, 5) is -0.380. The van der Waals surface area contributed by atoms with Gasteiger partial charge in [0.2, 0.25) is 0 Å². The third-order valence-electron chi connectivity index (χ3n) is 0.293. The smallest absolute Gasteiger partial charge is 1.00 e. The van der Waals surface area contributed by atoms with E-state index in [-0.39, 0.29) is 59.4 Å². The Morgan fingerprint density at radius 3 is 1.50 bits per heavy atom. The monoisotopic (exact) mass is 260 g/mol. The van der Waals surface area contributed by atoms with Crippen LogP contribution in [0.15, 0.2) is 0 Å². The average Bonchev–Trinajstić information content (AvgIpc) is 1.35. The van der Waals surface area contributed by atoms with Crippen LogP contribution in [-0.2, 0) is 4.74 Å². The molecule has 0 unspecified atom stereocenters. The zero-order valence-corrected chi connectivity index (χ0v) is 10.1. The number of methoxy groups -OCH3 is 1. The standard InChI is InChI=1S/C3H6Cl2O.Al.3ClH/c1-6-2-3(4)5;;;;/h3H,2H2,1H3;;3*1H/q;+3;;;/p-3. The predicted octanol–water partition coefficient (Wildman–Crippen LogP) is -7.93. The Balaban J connectivity index is -0.0000000208. The molecule has 0 rings (SSSR count). The van der Waals surface area contributed by atoms with Crippen LogP contribution in [0.2, 0.25) is 0 Å². The first-order valence-electron chi connectivity index (χ1n) is 1.54. The first-order chi connectivity index (χ1) is 2.77. The van der Waals surface area contributed by atoms with E-state index >= 15 is 0 Å². The third kappa shape index (κ3) is 32.5. The quantitative estimate of drug-likeness (QED) is 0.355. The summed E-state index contributed by atoms with van der Waals surface area (Å²) in [6.45, 7) is 0.406. The maximum atomic E-state index is 5.22. The minimum Gasteiger partial charge on any atom is -1.00 e. The van der Waals surface area contributed by atoms with E-state index < -0.39 is 0 Å². The van der Waals surface area contributed by atoms with Crippen molar-refractivity contribution in [3.05, 3.63) is 0 Å². The molecule has 62 valence electrons. The van der Waals surface area contributed by atoms with Crippen molar-refractivity contribution >= 4 is 40.6 Å². The molecular formula is C3H6AlCl5O. The van der Waals surface area contributed by atoms with Crippen LogP contribution in [-0.4, -0.2) is 35.9 Å². The van der Waals surface area contributed by atoms with Crippen LogP contribution in [0.4, 0.5) is 0 Å². The van der Waals surface area contributed by atoms with Gasteiger partial charge in [-0.3, -0.25) is 0 Å². The summed E-state index contributed by atoms with van der Waals surface area (Å²) in [5.41, 5.74) is 0. The van der Waals surface area contributed by atoms with Gasteiger partial charge in [0.25, 0.3) is 0 Å². The minimum atomic E-state index is -0.380. The van der Waals surface area contributed by atoms with Crippen molar-refractivity contribution in [2.45, 2.75) is 4.84 Å². The molecule has 1 nitrogen and oxygen atoms in total. The molecule has 10 heavy (non-hydrogen) atoms. The molecule has 0 aliphatic carbocycles. The molecule has 0 heterocycles. The van der Waals surface area contributed by atoms with E-state index in [9.17, 15) is 0 Å². The molecule has 0 spiro atoms. The van der Waals surface area contributed by atoms with Crippen molar-refractivity contribution in [3.8, 4) is 0 Å². The predicted molar refractivity (Wildman–Crippen MR) is 33.1 cm³/mol. The average molecular weight is 262 g/mol. The Hall–Kier alpha value is 1.94. The topological polar surface area (TPSA) is 9.23 Å². The van der Waals surface area contributed by atoms with E-state index in [1.54, 1.807) is 7.11 Å². The maximum Gasteiger partial charge on any atom is 3.00 e. The fraction of sp³-hybridized carbons (Fsp3) is 1.00. The molecule has 7 heteroatoms. The number of rotatable bonds is 2. The largest absolute Gasteiger partial charge is 3.00 e. The summed E-state index contributed by atoms with van der Waals surface area (Å²) in [6, 6.07) is 0. The van der Waals surface area contributed by atoms with E-state index in [4.69, 9.17) is 23.2 Å². The molecule has 0 aromatic rings. The Morgan fingerprint density at radius 2 is 1.50 bits per heavy atom. The van der Waals surface area contributed by atoms with Crippen molar-refractivity contribution in [2.24, 2.45) is 0 Å². The first kappa shape index (κ1) is 29.7. The van der Waals surface area contributed by atoms with E-state index in [1.165, 1.54) is 0 Å². The van der Waals surface area contributed by atoms with Gasteiger partial charge in [-0.05, 0) is 0 Å². The van der Waals surface area contributed by atoms with Crippen molar-refractivity contribution in [3.63, 3.8) is 0 Å². The fourth-order valence-electron chi connectivity index (χ4n) is 0.126. The fourth-order valence-corrected chi connectivity index (χ4v) is 0.378. The van der Waals surface area contributed by atoms with Gasteiger partial charge >= 0.3 is 17.4 Å². The second-order valence-corrected chi connectivity index (χ2v) is 2.12. The van der Waals surface area contributed by atoms with E-state index in [2.05, 4.69) is 4.74 Å². The molecule has 0 aromatic heterocycles. The van der Waals surface area contributed by atoms with E-state index in [1.807, 2.05) is 0 Å².